The average Bonchev–Trinajstić information content (AvgIpc) is 2.68. The number of hydrogen-bond acceptors (Lipinski definition) is 6. The molecule has 2 aromatic carbocycles. The van der Waals surface area contributed by atoms with Gasteiger partial charge in [0.05, 0.1) is 10.6 Å². The molecule has 3 aromatic rings. The van der Waals surface area contributed by atoms with Crippen molar-refractivity contribution in [3.63, 3.8) is 0 Å². The van der Waals surface area contributed by atoms with E-state index < -0.39 is 22.0 Å². The molecule has 0 aliphatic heterocycles. The maximum atomic E-state index is 12.6. The van der Waals surface area contributed by atoms with Gasteiger partial charge in [-0.3, -0.25) is 15.1 Å². The highest BCUT2D eigenvalue weighted by atomic mass is 32.2. The molecule has 30 heavy (non-hydrogen) atoms. The monoisotopic (exact) mass is 428 g/mol. The molecule has 0 unspecified atom stereocenters. The predicted molar refractivity (Wildman–Crippen MR) is 114 cm³/mol. The number of aromatic nitrogens is 3. The Labute approximate surface area is 175 Å². The van der Waals surface area contributed by atoms with Gasteiger partial charge in [0.1, 0.15) is 0 Å². The lowest BCUT2D eigenvalue weighted by Crippen LogP contribution is -2.48. The van der Waals surface area contributed by atoms with E-state index in [4.69, 9.17) is 0 Å². The molecule has 10 heteroatoms. The molecule has 1 heterocycles. The lowest BCUT2D eigenvalue weighted by Gasteiger charge is -2.11. The van der Waals surface area contributed by atoms with Gasteiger partial charge in [-0.25, -0.2) is 23.5 Å². The van der Waals surface area contributed by atoms with Crippen LogP contribution in [0.1, 0.15) is 24.5 Å². The molecular formula is C20H20N4O5S. The van der Waals surface area contributed by atoms with Gasteiger partial charge in [0.15, 0.2) is 0 Å². The highest BCUT2D eigenvalue weighted by molar-refractivity contribution is 7.99. The SMILES string of the molecule is CCCn1c(=O)[nH]c(=O)n(-c2ccc(Sc3c(C)cc([N+](=O)[O-])cc3C)cc2)c1=O. The summed E-state index contributed by atoms with van der Waals surface area (Å²) in [5, 5.41) is 11.0. The summed E-state index contributed by atoms with van der Waals surface area (Å²) in [5.41, 5.74) is -0.240. The standard InChI is InChI=1S/C20H20N4O5S/c1-4-9-22-18(25)21-19(26)23(20(22)27)14-5-7-16(8-6-14)30-17-12(2)10-15(24(28)29)11-13(17)3/h5-8,10-11H,4,9H2,1-3H3,(H,21,25,26). The Morgan fingerprint density at radius 2 is 1.63 bits per heavy atom. The van der Waals surface area contributed by atoms with Crippen LogP contribution in [-0.2, 0) is 6.54 Å². The molecule has 9 nitrogen and oxygen atoms in total. The first-order valence-corrected chi connectivity index (χ1v) is 10.0. The predicted octanol–water partition coefficient (Wildman–Crippen LogP) is 2.77. The van der Waals surface area contributed by atoms with Crippen LogP contribution in [0.2, 0.25) is 0 Å². The molecule has 3 rings (SSSR count). The first-order chi connectivity index (χ1) is 14.2. The van der Waals surface area contributed by atoms with Gasteiger partial charge in [0, 0.05) is 28.5 Å². The number of benzene rings is 2. The molecule has 0 atom stereocenters. The molecule has 1 aromatic heterocycles. The van der Waals surface area contributed by atoms with E-state index in [-0.39, 0.29) is 12.2 Å². The summed E-state index contributed by atoms with van der Waals surface area (Å²) in [6, 6.07) is 9.80. The van der Waals surface area contributed by atoms with Gasteiger partial charge in [0.2, 0.25) is 0 Å². The molecule has 0 saturated carbocycles. The highest BCUT2D eigenvalue weighted by Gasteiger charge is 2.14. The van der Waals surface area contributed by atoms with Gasteiger partial charge < -0.3 is 0 Å². The Morgan fingerprint density at radius 1 is 1.03 bits per heavy atom. The number of nitrogens with zero attached hydrogens (tertiary/aromatic N) is 3. The maximum absolute atomic E-state index is 12.6. The third kappa shape index (κ3) is 4.13. The Kier molecular flexibility index (Phi) is 6.06. The quantitative estimate of drug-likeness (QED) is 0.476. The molecule has 0 spiro atoms. The van der Waals surface area contributed by atoms with Crippen molar-refractivity contribution in [3.05, 3.63) is 89.1 Å². The smallest absolute Gasteiger partial charge is 0.258 e. The lowest BCUT2D eigenvalue weighted by atomic mass is 10.1. The van der Waals surface area contributed by atoms with E-state index in [9.17, 15) is 24.5 Å². The Hall–Kier alpha value is -3.40. The van der Waals surface area contributed by atoms with Crippen molar-refractivity contribution in [2.75, 3.05) is 0 Å². The Balaban J connectivity index is 1.97. The molecule has 0 fully saturated rings. The number of non-ortho nitro benzene ring substituents is 1. The summed E-state index contributed by atoms with van der Waals surface area (Å²) in [7, 11) is 0. The van der Waals surface area contributed by atoms with Gasteiger partial charge in [-0.2, -0.15) is 0 Å². The molecular weight excluding hydrogens is 408 g/mol. The van der Waals surface area contributed by atoms with Crippen LogP contribution in [0.15, 0.2) is 60.6 Å². The van der Waals surface area contributed by atoms with Crippen LogP contribution in [0.5, 0.6) is 0 Å². The molecule has 1 N–H and O–H groups in total. The van der Waals surface area contributed by atoms with E-state index in [1.807, 2.05) is 20.8 Å². The number of rotatable bonds is 6. The molecule has 0 bridgehead atoms. The van der Waals surface area contributed by atoms with E-state index in [0.29, 0.717) is 12.1 Å². The summed E-state index contributed by atoms with van der Waals surface area (Å²) >= 11 is 1.44. The summed E-state index contributed by atoms with van der Waals surface area (Å²) in [4.78, 5) is 51.2. The van der Waals surface area contributed by atoms with Crippen molar-refractivity contribution in [2.45, 2.75) is 43.5 Å². The van der Waals surface area contributed by atoms with E-state index in [1.165, 1.54) is 23.9 Å². The largest absolute Gasteiger partial charge is 0.340 e. The zero-order chi connectivity index (χ0) is 22.0. The van der Waals surface area contributed by atoms with Gasteiger partial charge in [-0.1, -0.05) is 18.7 Å². The lowest BCUT2D eigenvalue weighted by molar-refractivity contribution is -0.385. The van der Waals surface area contributed by atoms with Crippen LogP contribution in [0.25, 0.3) is 5.69 Å². The molecule has 0 aliphatic rings. The third-order valence-electron chi connectivity index (χ3n) is 4.50. The summed E-state index contributed by atoms with van der Waals surface area (Å²) in [6.07, 6.45) is 0.574. The zero-order valence-corrected chi connectivity index (χ0v) is 17.5. The first-order valence-electron chi connectivity index (χ1n) is 9.23. The minimum atomic E-state index is -0.792. The van der Waals surface area contributed by atoms with Crippen LogP contribution in [0, 0.1) is 24.0 Å². The zero-order valence-electron chi connectivity index (χ0n) is 16.7. The fourth-order valence-corrected chi connectivity index (χ4v) is 4.08. The minimum absolute atomic E-state index is 0.0468. The average molecular weight is 428 g/mol. The summed E-state index contributed by atoms with van der Waals surface area (Å²) < 4.78 is 1.92. The minimum Gasteiger partial charge on any atom is -0.258 e. The van der Waals surface area contributed by atoms with Gasteiger partial charge in [-0.05, 0) is 55.7 Å². The molecule has 0 aliphatic carbocycles. The fraction of sp³-hybridized carbons (Fsp3) is 0.250. The normalized spacial score (nSPS) is 10.9. The van der Waals surface area contributed by atoms with Crippen molar-refractivity contribution in [1.82, 2.24) is 14.1 Å². The number of nitro benzene ring substituents is 1. The topological polar surface area (TPSA) is 120 Å². The van der Waals surface area contributed by atoms with Gasteiger partial charge in [-0.15, -0.1) is 0 Å². The van der Waals surface area contributed by atoms with Gasteiger partial charge in [0.25, 0.3) is 5.69 Å². The Morgan fingerprint density at radius 3 is 2.17 bits per heavy atom. The fourth-order valence-electron chi connectivity index (χ4n) is 3.13. The van der Waals surface area contributed by atoms with Crippen LogP contribution >= 0.6 is 11.8 Å². The highest BCUT2D eigenvalue weighted by Crippen LogP contribution is 2.35. The number of nitro groups is 1. The van der Waals surface area contributed by atoms with Crippen LogP contribution < -0.4 is 17.1 Å². The third-order valence-corrected chi connectivity index (χ3v) is 5.86. The Bertz CT molecular complexity index is 1270. The number of aryl methyl sites for hydroxylation is 2. The molecule has 0 radical (unpaired) electrons. The van der Waals surface area contributed by atoms with Gasteiger partial charge >= 0.3 is 17.1 Å². The number of H-pyrrole nitrogens is 1. The summed E-state index contributed by atoms with van der Waals surface area (Å²) in [5.74, 6) is 0. The van der Waals surface area contributed by atoms with Crippen molar-refractivity contribution in [3.8, 4) is 5.69 Å². The van der Waals surface area contributed by atoms with E-state index in [1.54, 1.807) is 24.3 Å². The van der Waals surface area contributed by atoms with Crippen LogP contribution in [0.3, 0.4) is 0 Å². The van der Waals surface area contributed by atoms with Crippen molar-refractivity contribution >= 4 is 17.4 Å². The number of nitrogens with one attached hydrogen (secondary N) is 1. The number of hydrogen-bond donors (Lipinski definition) is 1. The number of aromatic amines is 1. The molecule has 156 valence electrons. The second kappa shape index (κ2) is 8.54. The second-order valence-electron chi connectivity index (χ2n) is 6.77. The van der Waals surface area contributed by atoms with Crippen LogP contribution in [-0.4, -0.2) is 19.0 Å². The van der Waals surface area contributed by atoms with Crippen LogP contribution in [0.4, 0.5) is 5.69 Å². The maximum Gasteiger partial charge on any atom is 0.340 e. The van der Waals surface area contributed by atoms with E-state index in [2.05, 4.69) is 4.98 Å². The van der Waals surface area contributed by atoms with Crippen molar-refractivity contribution in [1.29, 1.82) is 0 Å². The summed E-state index contributed by atoms with van der Waals surface area (Å²) in [6.45, 7) is 5.66. The van der Waals surface area contributed by atoms with E-state index >= 15 is 0 Å². The van der Waals surface area contributed by atoms with Crippen molar-refractivity contribution < 1.29 is 4.92 Å². The molecule has 0 saturated heterocycles. The van der Waals surface area contributed by atoms with E-state index in [0.717, 1.165) is 30.1 Å². The molecule has 0 amide bonds. The first kappa shape index (κ1) is 21.3. The second-order valence-corrected chi connectivity index (χ2v) is 7.85. The van der Waals surface area contributed by atoms with Crippen molar-refractivity contribution in [2.24, 2.45) is 0 Å².